The van der Waals surface area contributed by atoms with Gasteiger partial charge in [0.2, 0.25) is 0 Å². The Kier molecular flexibility index (Phi) is 1.49. The largest absolute Gasteiger partial charge is 0.399 e. The lowest BCUT2D eigenvalue weighted by molar-refractivity contribution is 1.67. The molecular weight excluding hydrogens is 114 g/mol. The zero-order valence-corrected chi connectivity index (χ0v) is 4.87. The maximum absolute atomic E-state index is 10.6. The number of anilines is 1. The van der Waals surface area contributed by atoms with Crippen LogP contribution < -0.4 is 11.2 Å². The Morgan fingerprint density at radius 3 is 2.67 bits per heavy atom. The molecule has 0 bridgehead atoms. The van der Waals surface area contributed by atoms with Crippen molar-refractivity contribution in [1.82, 2.24) is 0 Å². The Labute approximate surface area is 52.9 Å². The minimum absolute atomic E-state index is 0.0579. The fraction of sp³-hybridized carbons (Fsp3) is 0. The summed E-state index contributed by atoms with van der Waals surface area (Å²) in [5.41, 5.74) is 5.79. The molecule has 0 unspecified atom stereocenters. The van der Waals surface area contributed by atoms with Gasteiger partial charge in [0.15, 0.2) is 5.43 Å². The smallest absolute Gasteiger partial charge is 0.180 e. The molecule has 0 atom stereocenters. The second kappa shape index (κ2) is 2.31. The summed E-state index contributed by atoms with van der Waals surface area (Å²) in [7, 11) is 0. The molecule has 1 rings (SSSR count). The van der Waals surface area contributed by atoms with E-state index >= 15 is 0 Å². The normalized spacial score (nSPS) is 8.89. The third kappa shape index (κ3) is 1.57. The summed E-state index contributed by atoms with van der Waals surface area (Å²) in [5, 5.41) is 0. The van der Waals surface area contributed by atoms with E-state index in [1.807, 2.05) is 0 Å². The highest BCUT2D eigenvalue weighted by Gasteiger charge is 1.79. The van der Waals surface area contributed by atoms with Crippen LogP contribution in [-0.2, 0) is 0 Å². The summed E-state index contributed by atoms with van der Waals surface area (Å²) in [6.45, 7) is 0. The molecule has 2 N–H and O–H groups in total. The summed E-state index contributed by atoms with van der Waals surface area (Å²) < 4.78 is 0. The van der Waals surface area contributed by atoms with Crippen LogP contribution in [-0.4, -0.2) is 0 Å². The molecule has 0 aliphatic rings. The Bertz CT molecular complexity index is 257. The van der Waals surface area contributed by atoms with Gasteiger partial charge in [-0.25, -0.2) is 0 Å². The Balaban J connectivity index is 3.37. The lowest BCUT2D eigenvalue weighted by Crippen LogP contribution is -1.92. The second-order valence-electron chi connectivity index (χ2n) is 1.76. The lowest BCUT2D eigenvalue weighted by Gasteiger charge is -1.76. The Morgan fingerprint density at radius 1 is 1.22 bits per heavy atom. The van der Waals surface area contributed by atoms with Crippen LogP contribution in [0.3, 0.4) is 0 Å². The highest BCUT2D eigenvalue weighted by Crippen LogP contribution is 1.90. The summed E-state index contributed by atoms with van der Waals surface area (Å²) in [5.74, 6) is 0. The lowest BCUT2D eigenvalue weighted by atomic mass is 10.4. The third-order valence-corrected chi connectivity index (χ3v) is 0.969. The number of hydrogen-bond donors (Lipinski definition) is 1. The first kappa shape index (κ1) is 5.82. The van der Waals surface area contributed by atoms with Gasteiger partial charge >= 0.3 is 0 Å². The summed E-state index contributed by atoms with van der Waals surface area (Å²) in [6.07, 6.45) is 0. The van der Waals surface area contributed by atoms with E-state index in [1.54, 1.807) is 18.2 Å². The van der Waals surface area contributed by atoms with Gasteiger partial charge in [-0.3, -0.25) is 4.79 Å². The van der Waals surface area contributed by atoms with E-state index in [4.69, 9.17) is 5.73 Å². The van der Waals surface area contributed by atoms with E-state index in [9.17, 15) is 4.79 Å². The molecule has 1 aromatic rings. The van der Waals surface area contributed by atoms with Gasteiger partial charge in [-0.1, -0.05) is 12.1 Å². The van der Waals surface area contributed by atoms with Crippen molar-refractivity contribution < 1.29 is 0 Å². The molecule has 2 nitrogen and oxygen atoms in total. The summed E-state index contributed by atoms with van der Waals surface area (Å²) in [4.78, 5) is 10.6. The quantitative estimate of drug-likeness (QED) is 0.547. The average molecular weight is 121 g/mol. The first-order valence-electron chi connectivity index (χ1n) is 2.65. The topological polar surface area (TPSA) is 43.1 Å². The van der Waals surface area contributed by atoms with Gasteiger partial charge in [0, 0.05) is 11.8 Å². The van der Waals surface area contributed by atoms with Crippen LogP contribution in [0, 0.1) is 0 Å². The predicted molar refractivity (Wildman–Crippen MR) is 37.1 cm³/mol. The molecule has 0 heterocycles. The molecule has 0 saturated carbocycles. The van der Waals surface area contributed by atoms with Gasteiger partial charge in [0.25, 0.3) is 0 Å². The van der Waals surface area contributed by atoms with Crippen LogP contribution in [0.5, 0.6) is 0 Å². The molecule has 0 aliphatic carbocycles. The van der Waals surface area contributed by atoms with E-state index < -0.39 is 0 Å². The molecule has 0 radical (unpaired) electrons. The van der Waals surface area contributed by atoms with E-state index in [1.165, 1.54) is 12.1 Å². The van der Waals surface area contributed by atoms with Crippen LogP contribution in [0.1, 0.15) is 0 Å². The van der Waals surface area contributed by atoms with Gasteiger partial charge in [0.05, 0.1) is 0 Å². The number of nitrogens with two attached hydrogens (primary N) is 1. The molecule has 0 spiro atoms. The van der Waals surface area contributed by atoms with Crippen molar-refractivity contribution >= 4 is 5.69 Å². The van der Waals surface area contributed by atoms with E-state index in [0.29, 0.717) is 5.69 Å². The third-order valence-electron chi connectivity index (χ3n) is 0.969. The average Bonchev–Trinajstić information content (AvgIpc) is 1.93. The SMILES string of the molecule is Nc1ccccc(=O)c1. The Morgan fingerprint density at radius 2 is 1.89 bits per heavy atom. The van der Waals surface area contributed by atoms with Crippen molar-refractivity contribution in [2.24, 2.45) is 0 Å². The second-order valence-corrected chi connectivity index (χ2v) is 1.76. The van der Waals surface area contributed by atoms with Crippen molar-refractivity contribution in [3.8, 4) is 0 Å². The van der Waals surface area contributed by atoms with Gasteiger partial charge in [-0.15, -0.1) is 0 Å². The molecule has 0 aromatic heterocycles. The highest BCUT2D eigenvalue weighted by molar-refractivity contribution is 5.34. The summed E-state index contributed by atoms with van der Waals surface area (Å²) >= 11 is 0. The zero-order valence-electron chi connectivity index (χ0n) is 4.87. The van der Waals surface area contributed by atoms with Crippen LogP contribution in [0.25, 0.3) is 0 Å². The first-order valence-corrected chi connectivity index (χ1v) is 2.65. The van der Waals surface area contributed by atoms with Crippen molar-refractivity contribution in [2.45, 2.75) is 0 Å². The van der Waals surface area contributed by atoms with Gasteiger partial charge in [-0.05, 0) is 12.1 Å². The molecule has 1 aromatic carbocycles. The van der Waals surface area contributed by atoms with Crippen molar-refractivity contribution in [1.29, 1.82) is 0 Å². The maximum atomic E-state index is 10.6. The minimum atomic E-state index is -0.0579. The highest BCUT2D eigenvalue weighted by atomic mass is 16.1. The first-order chi connectivity index (χ1) is 4.29. The van der Waals surface area contributed by atoms with E-state index in [0.717, 1.165) is 0 Å². The monoisotopic (exact) mass is 121 g/mol. The van der Waals surface area contributed by atoms with Gasteiger partial charge in [-0.2, -0.15) is 0 Å². The standard InChI is InChI=1S/C7H7NO/c8-6-3-1-2-4-7(9)5-6/h1-5H,8H2. The summed E-state index contributed by atoms with van der Waals surface area (Å²) in [6, 6.07) is 7.94. The number of rotatable bonds is 0. The minimum Gasteiger partial charge on any atom is -0.399 e. The zero-order chi connectivity index (χ0) is 6.69. The van der Waals surface area contributed by atoms with Gasteiger partial charge in [0.1, 0.15) is 0 Å². The maximum Gasteiger partial charge on any atom is 0.180 e. The molecule has 0 fully saturated rings. The predicted octanol–water partition coefficient (Wildman–Crippen LogP) is 0.629. The molecule has 0 aliphatic heterocycles. The molecule has 46 valence electrons. The number of hydrogen-bond acceptors (Lipinski definition) is 2. The van der Waals surface area contributed by atoms with Crippen LogP contribution in [0.4, 0.5) is 5.69 Å². The van der Waals surface area contributed by atoms with Crippen molar-refractivity contribution in [3.05, 3.63) is 40.6 Å². The van der Waals surface area contributed by atoms with E-state index in [2.05, 4.69) is 0 Å². The molecule has 0 saturated heterocycles. The van der Waals surface area contributed by atoms with Crippen LogP contribution >= 0.6 is 0 Å². The molecule has 0 amide bonds. The number of nitrogen functional groups attached to an aromatic ring is 1. The van der Waals surface area contributed by atoms with Gasteiger partial charge < -0.3 is 5.73 Å². The van der Waals surface area contributed by atoms with E-state index in [-0.39, 0.29) is 5.43 Å². The molecule has 2 heteroatoms. The Hall–Kier alpha value is -1.31. The van der Waals surface area contributed by atoms with Crippen molar-refractivity contribution in [2.75, 3.05) is 5.73 Å². The fourth-order valence-electron chi connectivity index (χ4n) is 0.578. The van der Waals surface area contributed by atoms with Crippen LogP contribution in [0.2, 0.25) is 0 Å². The fourth-order valence-corrected chi connectivity index (χ4v) is 0.578. The molecular formula is C7H7NO. The van der Waals surface area contributed by atoms with Crippen LogP contribution in [0.15, 0.2) is 35.1 Å². The van der Waals surface area contributed by atoms with Crippen molar-refractivity contribution in [3.63, 3.8) is 0 Å². The molecule has 9 heavy (non-hydrogen) atoms.